The van der Waals surface area contributed by atoms with E-state index in [0.29, 0.717) is 5.75 Å². The molecule has 7 nitrogen and oxygen atoms in total. The molecule has 0 aromatic carbocycles. The van der Waals surface area contributed by atoms with Gasteiger partial charge in [0.25, 0.3) is 0 Å². The highest BCUT2D eigenvalue weighted by Gasteiger charge is 2.20. The molecule has 0 rings (SSSR count). The molecule has 0 heterocycles. The molecule has 0 bridgehead atoms. The van der Waals surface area contributed by atoms with Gasteiger partial charge in [0.2, 0.25) is 5.91 Å². The van der Waals surface area contributed by atoms with Gasteiger partial charge in [0.1, 0.15) is 12.1 Å². The van der Waals surface area contributed by atoms with Crippen LogP contribution in [0.2, 0.25) is 0 Å². The van der Waals surface area contributed by atoms with Crippen LogP contribution in [0, 0.1) is 0 Å². The second-order valence-corrected chi connectivity index (χ2v) is 4.84. The lowest BCUT2D eigenvalue weighted by atomic mass is 10.1. The number of nitrogens with one attached hydrogen (secondary N) is 1. The van der Waals surface area contributed by atoms with Crippen LogP contribution in [0.3, 0.4) is 0 Å². The fraction of sp³-hybridized carbons (Fsp3) is 0.545. The summed E-state index contributed by atoms with van der Waals surface area (Å²) in [7, 11) is 0. The highest BCUT2D eigenvalue weighted by molar-refractivity contribution is 7.99. The second kappa shape index (κ2) is 9.40. The lowest BCUT2D eigenvalue weighted by molar-refractivity contribution is -0.141. The summed E-state index contributed by atoms with van der Waals surface area (Å²) in [5, 5.41) is 19.8. The van der Waals surface area contributed by atoms with E-state index in [-0.39, 0.29) is 18.6 Å². The predicted molar refractivity (Wildman–Crippen MR) is 71.9 cm³/mol. The standard InChI is InChI=1S/C11H18N2O5S/c1-2-5-19-6-8(11(17)18)13-9(14)4-3-7(12)10(15)16/h2,7-8H,1,3-6,12H2,(H,13,14)(H,15,16)(H,17,18)/t7-,8+/m1/s1. The maximum Gasteiger partial charge on any atom is 0.327 e. The molecule has 8 heteroatoms. The van der Waals surface area contributed by atoms with Crippen LogP contribution in [0.4, 0.5) is 0 Å². The Labute approximate surface area is 115 Å². The number of carboxylic acids is 2. The lowest BCUT2D eigenvalue weighted by Gasteiger charge is -2.14. The van der Waals surface area contributed by atoms with E-state index >= 15 is 0 Å². The highest BCUT2D eigenvalue weighted by atomic mass is 32.2. The molecule has 0 aromatic rings. The molecule has 0 spiro atoms. The molecule has 0 fully saturated rings. The van der Waals surface area contributed by atoms with Gasteiger partial charge in [0, 0.05) is 17.9 Å². The Morgan fingerprint density at radius 3 is 2.42 bits per heavy atom. The maximum absolute atomic E-state index is 11.5. The number of thioether (sulfide) groups is 1. The summed E-state index contributed by atoms with van der Waals surface area (Å²) in [4.78, 5) is 32.8. The molecule has 1 amide bonds. The zero-order valence-electron chi connectivity index (χ0n) is 10.4. The molecule has 0 saturated heterocycles. The molecule has 0 saturated carbocycles. The van der Waals surface area contributed by atoms with E-state index in [1.807, 2.05) is 0 Å². The van der Waals surface area contributed by atoms with Crippen LogP contribution in [0.5, 0.6) is 0 Å². The first kappa shape index (κ1) is 17.5. The quantitative estimate of drug-likeness (QED) is 0.320. The van der Waals surface area contributed by atoms with Gasteiger partial charge in [0.05, 0.1) is 0 Å². The number of hydrogen-bond acceptors (Lipinski definition) is 5. The topological polar surface area (TPSA) is 130 Å². The number of carbonyl (C=O) groups is 3. The van der Waals surface area contributed by atoms with Gasteiger partial charge in [0.15, 0.2) is 0 Å². The van der Waals surface area contributed by atoms with Crippen molar-refractivity contribution >= 4 is 29.6 Å². The number of aliphatic carboxylic acids is 2. The van der Waals surface area contributed by atoms with Gasteiger partial charge >= 0.3 is 11.9 Å². The van der Waals surface area contributed by atoms with Crippen molar-refractivity contribution < 1.29 is 24.6 Å². The van der Waals surface area contributed by atoms with Gasteiger partial charge in [-0.3, -0.25) is 9.59 Å². The largest absolute Gasteiger partial charge is 0.480 e. The fourth-order valence-corrected chi connectivity index (χ4v) is 1.88. The summed E-state index contributed by atoms with van der Waals surface area (Å²) in [5.74, 6) is -2.04. The molecule has 108 valence electrons. The smallest absolute Gasteiger partial charge is 0.327 e. The molecule has 0 aromatic heterocycles. The van der Waals surface area contributed by atoms with E-state index in [2.05, 4.69) is 11.9 Å². The van der Waals surface area contributed by atoms with Crippen molar-refractivity contribution in [1.82, 2.24) is 5.32 Å². The average Bonchev–Trinajstić information content (AvgIpc) is 2.34. The Bertz CT molecular complexity index is 348. The maximum atomic E-state index is 11.5. The Balaban J connectivity index is 4.13. The molecular formula is C11H18N2O5S. The first-order chi connectivity index (χ1) is 8.88. The SMILES string of the molecule is C=CCSC[C@H](NC(=O)CC[C@@H](N)C(=O)O)C(=O)O. The third-order valence-corrected chi connectivity index (χ3v) is 3.19. The average molecular weight is 290 g/mol. The molecular weight excluding hydrogens is 272 g/mol. The van der Waals surface area contributed by atoms with Crippen LogP contribution in [-0.2, 0) is 14.4 Å². The van der Waals surface area contributed by atoms with Crippen LogP contribution in [-0.4, -0.2) is 51.6 Å². The van der Waals surface area contributed by atoms with Crippen LogP contribution >= 0.6 is 11.8 Å². The molecule has 0 unspecified atom stereocenters. The van der Waals surface area contributed by atoms with E-state index in [1.54, 1.807) is 6.08 Å². The van der Waals surface area contributed by atoms with E-state index in [9.17, 15) is 14.4 Å². The number of amides is 1. The summed E-state index contributed by atoms with van der Waals surface area (Å²) in [6, 6.07) is -2.12. The number of carboxylic acid groups (broad SMARTS) is 2. The Morgan fingerprint density at radius 2 is 1.95 bits per heavy atom. The third kappa shape index (κ3) is 8.22. The number of rotatable bonds is 10. The van der Waals surface area contributed by atoms with Gasteiger partial charge < -0.3 is 21.3 Å². The summed E-state index contributed by atoms with van der Waals surface area (Å²) in [5.41, 5.74) is 5.24. The first-order valence-electron chi connectivity index (χ1n) is 5.57. The summed E-state index contributed by atoms with van der Waals surface area (Å²) < 4.78 is 0. The fourth-order valence-electron chi connectivity index (χ4n) is 1.12. The second-order valence-electron chi connectivity index (χ2n) is 3.77. The summed E-state index contributed by atoms with van der Waals surface area (Å²) in [6.07, 6.45) is 1.48. The first-order valence-corrected chi connectivity index (χ1v) is 6.73. The molecule has 2 atom stereocenters. The van der Waals surface area contributed by atoms with Gasteiger partial charge in [-0.05, 0) is 6.42 Å². The molecule has 0 radical (unpaired) electrons. The molecule has 19 heavy (non-hydrogen) atoms. The van der Waals surface area contributed by atoms with E-state index < -0.39 is 29.9 Å². The van der Waals surface area contributed by atoms with Crippen molar-refractivity contribution in [2.75, 3.05) is 11.5 Å². The molecule has 5 N–H and O–H groups in total. The van der Waals surface area contributed by atoms with Gasteiger partial charge in [-0.2, -0.15) is 11.8 Å². The van der Waals surface area contributed by atoms with Crippen molar-refractivity contribution in [3.05, 3.63) is 12.7 Å². The number of hydrogen-bond donors (Lipinski definition) is 4. The number of carbonyl (C=O) groups excluding carboxylic acids is 1. The van der Waals surface area contributed by atoms with Crippen LogP contribution in [0.1, 0.15) is 12.8 Å². The Hall–Kier alpha value is -1.54. The van der Waals surface area contributed by atoms with Crippen molar-refractivity contribution in [2.45, 2.75) is 24.9 Å². The minimum atomic E-state index is -1.19. The molecule has 0 aliphatic heterocycles. The minimum absolute atomic E-state index is 0.0344. The predicted octanol–water partition coefficient (Wildman–Crippen LogP) is -0.333. The normalized spacial score (nSPS) is 13.3. The summed E-state index contributed by atoms with van der Waals surface area (Å²) in [6.45, 7) is 3.50. The Morgan fingerprint density at radius 1 is 1.32 bits per heavy atom. The van der Waals surface area contributed by atoms with E-state index in [1.165, 1.54) is 11.8 Å². The zero-order chi connectivity index (χ0) is 14.8. The zero-order valence-corrected chi connectivity index (χ0v) is 11.2. The van der Waals surface area contributed by atoms with Crippen molar-refractivity contribution in [2.24, 2.45) is 5.73 Å². The lowest BCUT2D eigenvalue weighted by Crippen LogP contribution is -2.43. The van der Waals surface area contributed by atoms with Crippen LogP contribution in [0.25, 0.3) is 0 Å². The molecule has 0 aliphatic rings. The third-order valence-electron chi connectivity index (χ3n) is 2.15. The van der Waals surface area contributed by atoms with Crippen LogP contribution < -0.4 is 11.1 Å². The molecule has 0 aliphatic carbocycles. The van der Waals surface area contributed by atoms with Crippen molar-refractivity contribution in [1.29, 1.82) is 0 Å². The Kier molecular flexibility index (Phi) is 8.64. The summed E-state index contributed by atoms with van der Waals surface area (Å²) >= 11 is 1.33. The van der Waals surface area contributed by atoms with Gasteiger partial charge in [-0.1, -0.05) is 6.08 Å². The van der Waals surface area contributed by atoms with E-state index in [4.69, 9.17) is 15.9 Å². The van der Waals surface area contributed by atoms with E-state index in [0.717, 1.165) is 0 Å². The van der Waals surface area contributed by atoms with Gasteiger partial charge in [-0.25, -0.2) is 4.79 Å². The van der Waals surface area contributed by atoms with Gasteiger partial charge in [-0.15, -0.1) is 6.58 Å². The minimum Gasteiger partial charge on any atom is -0.480 e. The highest BCUT2D eigenvalue weighted by Crippen LogP contribution is 2.04. The van der Waals surface area contributed by atoms with Crippen molar-refractivity contribution in [3.63, 3.8) is 0 Å². The monoisotopic (exact) mass is 290 g/mol. The van der Waals surface area contributed by atoms with Crippen molar-refractivity contribution in [3.8, 4) is 0 Å². The number of nitrogens with two attached hydrogens (primary N) is 1. The van der Waals surface area contributed by atoms with Crippen LogP contribution in [0.15, 0.2) is 12.7 Å².